The van der Waals surface area contributed by atoms with Crippen molar-refractivity contribution in [1.29, 1.82) is 0 Å². The summed E-state index contributed by atoms with van der Waals surface area (Å²) in [6, 6.07) is 0. The Balaban J connectivity index is 1.98. The van der Waals surface area contributed by atoms with Crippen LogP contribution < -0.4 is 0 Å². The Morgan fingerprint density at radius 1 is 1.62 bits per heavy atom. The molecule has 0 aromatic heterocycles. The van der Waals surface area contributed by atoms with Crippen LogP contribution in [0.1, 0.15) is 13.3 Å². The van der Waals surface area contributed by atoms with Crippen molar-refractivity contribution in [2.45, 2.75) is 18.6 Å². The van der Waals surface area contributed by atoms with Crippen LogP contribution in [0.15, 0.2) is 0 Å². The van der Waals surface area contributed by atoms with Gasteiger partial charge in [0.1, 0.15) is 0 Å². The maximum Gasteiger partial charge on any atom is 0.0122 e. The lowest BCUT2D eigenvalue weighted by Gasteiger charge is -2.09. The first-order valence-corrected chi connectivity index (χ1v) is 4.56. The lowest BCUT2D eigenvalue weighted by molar-refractivity contribution is 0.434. The minimum absolute atomic E-state index is 0.926. The second kappa shape index (κ2) is 0.880. The van der Waals surface area contributed by atoms with Crippen LogP contribution in [0.3, 0.4) is 0 Å². The molecule has 0 aromatic rings. The van der Waals surface area contributed by atoms with Gasteiger partial charge >= 0.3 is 0 Å². The van der Waals surface area contributed by atoms with Crippen LogP contribution in [0, 0.1) is 17.3 Å². The summed E-state index contributed by atoms with van der Waals surface area (Å²) in [5.41, 5.74) is 0.926. The van der Waals surface area contributed by atoms with E-state index < -0.39 is 0 Å². The van der Waals surface area contributed by atoms with Gasteiger partial charge in [0.05, 0.1) is 0 Å². The predicted molar refractivity (Wildman–Crippen MR) is 36.0 cm³/mol. The molecule has 2 aliphatic heterocycles. The van der Waals surface area contributed by atoms with E-state index in [0.717, 1.165) is 10.7 Å². The molecule has 4 aliphatic rings. The summed E-state index contributed by atoms with van der Waals surface area (Å²) < 4.78 is 0. The zero-order valence-corrected chi connectivity index (χ0v) is 5.87. The van der Waals surface area contributed by atoms with Crippen molar-refractivity contribution in [1.82, 2.24) is 0 Å². The Morgan fingerprint density at radius 2 is 2.38 bits per heavy atom. The molecule has 0 aromatic carbocycles. The molecule has 2 bridgehead atoms. The summed E-state index contributed by atoms with van der Waals surface area (Å²) in [6.45, 7) is 2.36. The SMILES string of the molecule is CCC12CSC3C1C32. The van der Waals surface area contributed by atoms with Crippen LogP contribution in [0.2, 0.25) is 0 Å². The lowest BCUT2D eigenvalue weighted by Crippen LogP contribution is -2.08. The fourth-order valence-electron chi connectivity index (χ4n) is 2.60. The first-order chi connectivity index (χ1) is 3.90. The van der Waals surface area contributed by atoms with Gasteiger partial charge in [-0.05, 0) is 29.4 Å². The van der Waals surface area contributed by atoms with Gasteiger partial charge in [-0.2, -0.15) is 11.8 Å². The molecule has 4 fully saturated rings. The van der Waals surface area contributed by atoms with Gasteiger partial charge in [0, 0.05) is 5.25 Å². The number of fused-ring (bicyclic) bond motifs is 1. The smallest absolute Gasteiger partial charge is 0.0122 e. The molecule has 0 N–H and O–H groups in total. The van der Waals surface area contributed by atoms with E-state index >= 15 is 0 Å². The van der Waals surface area contributed by atoms with E-state index in [1.807, 2.05) is 0 Å². The first-order valence-electron chi connectivity index (χ1n) is 3.52. The number of rotatable bonds is 1. The second-order valence-corrected chi connectivity index (χ2v) is 4.58. The van der Waals surface area contributed by atoms with E-state index in [0.29, 0.717) is 0 Å². The van der Waals surface area contributed by atoms with Crippen molar-refractivity contribution < 1.29 is 0 Å². The zero-order chi connectivity index (χ0) is 5.35. The lowest BCUT2D eigenvalue weighted by atomic mass is 9.94. The van der Waals surface area contributed by atoms with Crippen molar-refractivity contribution in [3.05, 3.63) is 0 Å². The van der Waals surface area contributed by atoms with E-state index in [2.05, 4.69) is 18.7 Å². The highest BCUT2D eigenvalue weighted by atomic mass is 32.2. The quantitative estimate of drug-likeness (QED) is 0.516. The number of thioether (sulfide) groups is 1. The van der Waals surface area contributed by atoms with Crippen LogP contribution in [0.5, 0.6) is 0 Å². The van der Waals surface area contributed by atoms with Gasteiger partial charge in [-0.1, -0.05) is 6.92 Å². The Labute approximate surface area is 54.0 Å². The molecule has 2 unspecified atom stereocenters. The van der Waals surface area contributed by atoms with Crippen molar-refractivity contribution >= 4 is 11.8 Å². The molecular formula is C7H10S. The molecule has 0 spiro atoms. The Bertz CT molecular complexity index is 142. The van der Waals surface area contributed by atoms with Gasteiger partial charge in [-0.25, -0.2) is 0 Å². The van der Waals surface area contributed by atoms with E-state index in [1.165, 1.54) is 24.0 Å². The molecule has 2 saturated heterocycles. The summed E-state index contributed by atoms with van der Waals surface area (Å²) in [7, 11) is 0. The van der Waals surface area contributed by atoms with Crippen molar-refractivity contribution in [3.8, 4) is 0 Å². The monoisotopic (exact) mass is 126 g/mol. The maximum atomic E-state index is 2.36. The van der Waals surface area contributed by atoms with Crippen LogP contribution in [0.4, 0.5) is 0 Å². The molecule has 44 valence electrons. The standard InChI is InChI=1S/C7H10S/c1-2-7-3-8-6-4(7)5(6)7/h4-6H,2-3H2,1H3. The van der Waals surface area contributed by atoms with Crippen LogP contribution in [0.25, 0.3) is 0 Å². The van der Waals surface area contributed by atoms with Gasteiger partial charge in [-0.3, -0.25) is 0 Å². The molecule has 1 heteroatoms. The number of hydrogen-bond acceptors (Lipinski definition) is 1. The third kappa shape index (κ3) is 0.211. The largest absolute Gasteiger partial charge is 0.157 e. The summed E-state index contributed by atoms with van der Waals surface area (Å²) in [6.07, 6.45) is 1.46. The Morgan fingerprint density at radius 3 is 2.62 bits per heavy atom. The average molecular weight is 126 g/mol. The fraction of sp³-hybridized carbons (Fsp3) is 1.00. The van der Waals surface area contributed by atoms with E-state index in [4.69, 9.17) is 0 Å². The molecule has 8 heavy (non-hydrogen) atoms. The zero-order valence-electron chi connectivity index (χ0n) is 5.05. The molecule has 2 atom stereocenters. The maximum absolute atomic E-state index is 2.36. The van der Waals surface area contributed by atoms with E-state index in [1.54, 1.807) is 0 Å². The van der Waals surface area contributed by atoms with E-state index in [9.17, 15) is 0 Å². The third-order valence-corrected chi connectivity index (χ3v) is 5.05. The van der Waals surface area contributed by atoms with Crippen molar-refractivity contribution in [3.63, 3.8) is 0 Å². The van der Waals surface area contributed by atoms with E-state index in [-0.39, 0.29) is 0 Å². The molecule has 4 rings (SSSR count). The molecule has 2 heterocycles. The van der Waals surface area contributed by atoms with Crippen LogP contribution >= 0.6 is 11.8 Å². The van der Waals surface area contributed by atoms with Gasteiger partial charge in [0.25, 0.3) is 0 Å². The molecule has 2 saturated carbocycles. The van der Waals surface area contributed by atoms with Gasteiger partial charge < -0.3 is 0 Å². The summed E-state index contributed by atoms with van der Waals surface area (Å²) in [5, 5.41) is 1.16. The Hall–Kier alpha value is 0.350. The Kier molecular flexibility index (Phi) is 0.463. The highest BCUT2D eigenvalue weighted by Crippen LogP contribution is 2.88. The van der Waals surface area contributed by atoms with Crippen molar-refractivity contribution in [2.24, 2.45) is 17.3 Å². The van der Waals surface area contributed by atoms with Crippen LogP contribution in [-0.4, -0.2) is 11.0 Å². The van der Waals surface area contributed by atoms with Crippen molar-refractivity contribution in [2.75, 3.05) is 5.75 Å². The van der Waals surface area contributed by atoms with Crippen LogP contribution in [-0.2, 0) is 0 Å². The molecule has 2 aliphatic carbocycles. The average Bonchev–Trinajstić information content (AvgIpc) is 2.58. The molecule has 0 nitrogen and oxygen atoms in total. The summed E-state index contributed by atoms with van der Waals surface area (Å²) in [5.74, 6) is 3.94. The molecular weight excluding hydrogens is 116 g/mol. The third-order valence-electron chi connectivity index (χ3n) is 3.38. The minimum atomic E-state index is 0.926. The molecule has 0 amide bonds. The van der Waals surface area contributed by atoms with Gasteiger partial charge in [0.15, 0.2) is 0 Å². The topological polar surface area (TPSA) is 0 Å². The fourth-order valence-corrected chi connectivity index (χ4v) is 4.90. The minimum Gasteiger partial charge on any atom is -0.157 e. The van der Waals surface area contributed by atoms with Gasteiger partial charge in [-0.15, -0.1) is 0 Å². The summed E-state index contributed by atoms with van der Waals surface area (Å²) >= 11 is 2.23. The van der Waals surface area contributed by atoms with Gasteiger partial charge in [0.2, 0.25) is 0 Å². The summed E-state index contributed by atoms with van der Waals surface area (Å²) in [4.78, 5) is 0. The highest BCUT2D eigenvalue weighted by Gasteiger charge is 2.86. The normalized spacial score (nSPS) is 72.4. The molecule has 0 radical (unpaired) electrons. The highest BCUT2D eigenvalue weighted by molar-refractivity contribution is 8.01. The number of hydrogen-bond donors (Lipinski definition) is 0. The first kappa shape index (κ1) is 4.21. The predicted octanol–water partition coefficient (Wildman–Crippen LogP) is 1.76. The second-order valence-electron chi connectivity index (χ2n) is 3.41.